The summed E-state index contributed by atoms with van der Waals surface area (Å²) >= 11 is 0. The lowest BCUT2D eigenvalue weighted by molar-refractivity contribution is 0.244. The molecule has 0 amide bonds. The lowest BCUT2D eigenvalue weighted by Crippen LogP contribution is -2.25. The Balaban J connectivity index is 1.43. The molecular formula is C21H21N7O2. The normalized spacial score (nSPS) is 13.6. The molecule has 0 atom stereocenters. The lowest BCUT2D eigenvalue weighted by Gasteiger charge is -2.23. The van der Waals surface area contributed by atoms with Gasteiger partial charge in [0.25, 0.3) is 0 Å². The minimum Gasteiger partial charge on any atom is -0.498 e. The van der Waals surface area contributed by atoms with E-state index in [9.17, 15) is 0 Å². The Morgan fingerprint density at radius 2 is 1.97 bits per heavy atom. The lowest BCUT2D eigenvalue weighted by atomic mass is 10.2. The average Bonchev–Trinajstić information content (AvgIpc) is 3.35. The summed E-state index contributed by atoms with van der Waals surface area (Å²) in [5.41, 5.74) is 2.67. The number of ether oxygens (including phenoxy) is 2. The molecule has 0 spiro atoms. The molecule has 0 radical (unpaired) electrons. The van der Waals surface area contributed by atoms with Gasteiger partial charge in [-0.15, -0.1) is 0 Å². The molecule has 0 saturated heterocycles. The maximum atomic E-state index is 5.96. The summed E-state index contributed by atoms with van der Waals surface area (Å²) in [7, 11) is 3.80. The Morgan fingerprint density at radius 3 is 2.77 bits per heavy atom. The van der Waals surface area contributed by atoms with Gasteiger partial charge < -0.3 is 18.9 Å². The van der Waals surface area contributed by atoms with E-state index in [-0.39, 0.29) is 12.6 Å². The first-order chi connectivity index (χ1) is 14.7. The van der Waals surface area contributed by atoms with Crippen LogP contribution in [0, 0.1) is 0 Å². The number of imidazole rings is 1. The molecule has 4 aromatic rings. The van der Waals surface area contributed by atoms with Gasteiger partial charge in [0.05, 0.1) is 30.1 Å². The average molecular weight is 403 g/mol. The van der Waals surface area contributed by atoms with E-state index in [1.54, 1.807) is 17.1 Å². The largest absolute Gasteiger partial charge is 0.498 e. The molecule has 152 valence electrons. The van der Waals surface area contributed by atoms with E-state index in [0.717, 1.165) is 28.3 Å². The Bertz CT molecular complexity index is 1210. The van der Waals surface area contributed by atoms with Crippen LogP contribution in [0.4, 0.5) is 5.82 Å². The van der Waals surface area contributed by atoms with Crippen molar-refractivity contribution in [3.05, 3.63) is 61.0 Å². The minimum atomic E-state index is 0.255. The van der Waals surface area contributed by atoms with Crippen LogP contribution in [0.5, 0.6) is 6.01 Å². The number of anilines is 1. The first-order valence-corrected chi connectivity index (χ1v) is 9.64. The topological polar surface area (TPSA) is 83.1 Å². The van der Waals surface area contributed by atoms with Crippen LogP contribution in [0.15, 0.2) is 55.2 Å². The second-order valence-corrected chi connectivity index (χ2v) is 6.99. The molecule has 9 heteroatoms. The van der Waals surface area contributed by atoms with Gasteiger partial charge in [-0.3, -0.25) is 4.68 Å². The van der Waals surface area contributed by atoms with Crippen LogP contribution in [-0.4, -0.2) is 42.5 Å². The molecule has 0 unspecified atom stereocenters. The molecule has 4 heterocycles. The first-order valence-electron chi connectivity index (χ1n) is 9.64. The van der Waals surface area contributed by atoms with Crippen LogP contribution in [0.1, 0.15) is 5.82 Å². The fourth-order valence-electron chi connectivity index (χ4n) is 3.37. The second kappa shape index (κ2) is 7.51. The standard InChI is InChI=1S/C21H21N7O2/c1-26-13-17(15-6-4-3-5-7-15)23-18(26)14-30-21-24-19-16(12-22-27(19)2)20(25-21)28-8-10-29-11-9-28/h3-8,10,12-13H,9,11,14H2,1-2H3. The predicted molar refractivity (Wildman–Crippen MR) is 112 cm³/mol. The van der Waals surface area contributed by atoms with Crippen molar-refractivity contribution < 1.29 is 9.47 Å². The zero-order valence-corrected chi connectivity index (χ0v) is 16.8. The molecule has 1 aromatic carbocycles. The van der Waals surface area contributed by atoms with Crippen LogP contribution in [-0.2, 0) is 25.4 Å². The number of benzene rings is 1. The zero-order chi connectivity index (χ0) is 20.5. The van der Waals surface area contributed by atoms with Crippen LogP contribution < -0.4 is 9.64 Å². The zero-order valence-electron chi connectivity index (χ0n) is 16.8. The summed E-state index contributed by atoms with van der Waals surface area (Å²) in [6, 6.07) is 10.3. The number of nitrogens with zero attached hydrogens (tertiary/aromatic N) is 7. The van der Waals surface area contributed by atoms with E-state index in [2.05, 4.69) is 15.1 Å². The Kier molecular flexibility index (Phi) is 4.55. The Labute approximate surface area is 173 Å². The molecule has 1 aliphatic rings. The molecule has 0 aliphatic carbocycles. The van der Waals surface area contributed by atoms with Crippen molar-refractivity contribution in [2.24, 2.45) is 14.1 Å². The summed E-state index contributed by atoms with van der Waals surface area (Å²) in [6.45, 7) is 1.54. The first kappa shape index (κ1) is 18.2. The Hall–Kier alpha value is -3.88. The third-order valence-electron chi connectivity index (χ3n) is 4.98. The number of hydrogen-bond acceptors (Lipinski definition) is 7. The maximum Gasteiger partial charge on any atom is 0.320 e. The third kappa shape index (κ3) is 3.34. The summed E-state index contributed by atoms with van der Waals surface area (Å²) < 4.78 is 14.9. The molecule has 0 N–H and O–H groups in total. The Morgan fingerprint density at radius 1 is 1.10 bits per heavy atom. The molecule has 30 heavy (non-hydrogen) atoms. The molecule has 3 aromatic heterocycles. The van der Waals surface area contributed by atoms with Crippen molar-refractivity contribution >= 4 is 16.9 Å². The minimum absolute atomic E-state index is 0.255. The van der Waals surface area contributed by atoms with Gasteiger partial charge >= 0.3 is 6.01 Å². The van der Waals surface area contributed by atoms with E-state index < -0.39 is 0 Å². The quantitative estimate of drug-likeness (QED) is 0.507. The fraction of sp³-hybridized carbons (Fsp3) is 0.238. The van der Waals surface area contributed by atoms with Crippen molar-refractivity contribution in [2.45, 2.75) is 6.61 Å². The molecule has 5 rings (SSSR count). The van der Waals surface area contributed by atoms with Gasteiger partial charge in [0.15, 0.2) is 11.5 Å². The molecule has 0 saturated carbocycles. The van der Waals surface area contributed by atoms with E-state index in [1.807, 2.05) is 66.3 Å². The van der Waals surface area contributed by atoms with Gasteiger partial charge in [0.1, 0.15) is 19.0 Å². The number of fused-ring (bicyclic) bond motifs is 1. The van der Waals surface area contributed by atoms with Gasteiger partial charge in [0.2, 0.25) is 0 Å². The number of aryl methyl sites for hydroxylation is 2. The van der Waals surface area contributed by atoms with Crippen molar-refractivity contribution in [1.29, 1.82) is 0 Å². The highest BCUT2D eigenvalue weighted by Gasteiger charge is 2.18. The van der Waals surface area contributed by atoms with Gasteiger partial charge in [0, 0.05) is 32.1 Å². The molecule has 9 nitrogen and oxygen atoms in total. The highest BCUT2D eigenvalue weighted by molar-refractivity contribution is 5.87. The van der Waals surface area contributed by atoms with Crippen molar-refractivity contribution in [1.82, 2.24) is 29.3 Å². The van der Waals surface area contributed by atoms with Crippen molar-refractivity contribution in [3.8, 4) is 17.3 Å². The monoisotopic (exact) mass is 403 g/mol. The van der Waals surface area contributed by atoms with Gasteiger partial charge in [-0.05, 0) is 0 Å². The van der Waals surface area contributed by atoms with Crippen molar-refractivity contribution in [2.75, 3.05) is 18.1 Å². The highest BCUT2D eigenvalue weighted by Crippen LogP contribution is 2.27. The summed E-state index contributed by atoms with van der Waals surface area (Å²) in [6.07, 6.45) is 7.27. The number of rotatable bonds is 5. The smallest absolute Gasteiger partial charge is 0.320 e. The summed E-state index contributed by atoms with van der Waals surface area (Å²) in [4.78, 5) is 15.9. The molecule has 1 aliphatic heterocycles. The summed E-state index contributed by atoms with van der Waals surface area (Å²) in [5, 5.41) is 5.18. The van der Waals surface area contributed by atoms with E-state index in [0.29, 0.717) is 18.8 Å². The summed E-state index contributed by atoms with van der Waals surface area (Å²) in [5.74, 6) is 1.53. The SMILES string of the molecule is Cn1cc(-c2ccccc2)nc1COc1nc(N2C=COCC2)c2cnn(C)c2n1. The molecular weight excluding hydrogens is 382 g/mol. The third-order valence-corrected chi connectivity index (χ3v) is 4.98. The fourth-order valence-corrected chi connectivity index (χ4v) is 3.37. The maximum absolute atomic E-state index is 5.96. The van der Waals surface area contributed by atoms with Crippen LogP contribution in [0.25, 0.3) is 22.3 Å². The van der Waals surface area contributed by atoms with Gasteiger partial charge in [-0.1, -0.05) is 30.3 Å². The van der Waals surface area contributed by atoms with Crippen LogP contribution >= 0.6 is 0 Å². The van der Waals surface area contributed by atoms with E-state index in [4.69, 9.17) is 14.5 Å². The predicted octanol–water partition coefficient (Wildman–Crippen LogP) is 2.65. The number of hydrogen-bond donors (Lipinski definition) is 0. The van der Waals surface area contributed by atoms with Gasteiger partial charge in [-0.2, -0.15) is 15.1 Å². The molecule has 0 fully saturated rings. The second-order valence-electron chi connectivity index (χ2n) is 6.99. The molecule has 0 bridgehead atoms. The van der Waals surface area contributed by atoms with Gasteiger partial charge in [-0.25, -0.2) is 4.98 Å². The highest BCUT2D eigenvalue weighted by atomic mass is 16.5. The van der Waals surface area contributed by atoms with Crippen LogP contribution in [0.2, 0.25) is 0 Å². The van der Waals surface area contributed by atoms with Crippen LogP contribution in [0.3, 0.4) is 0 Å². The van der Waals surface area contributed by atoms with E-state index in [1.165, 1.54) is 0 Å². The number of aromatic nitrogens is 6. The van der Waals surface area contributed by atoms with E-state index >= 15 is 0 Å². The van der Waals surface area contributed by atoms with Crippen molar-refractivity contribution in [3.63, 3.8) is 0 Å².